The van der Waals surface area contributed by atoms with Crippen molar-refractivity contribution in [1.82, 2.24) is 9.97 Å². The zero-order valence-electron chi connectivity index (χ0n) is 10.3. The number of anilines is 1. The van der Waals surface area contributed by atoms with Crippen LogP contribution in [0.5, 0.6) is 11.6 Å². The second-order valence-electron chi connectivity index (χ2n) is 3.74. The van der Waals surface area contributed by atoms with Gasteiger partial charge in [-0.2, -0.15) is 0 Å². The van der Waals surface area contributed by atoms with E-state index in [1.807, 2.05) is 26.0 Å². The minimum absolute atomic E-state index is 0.531. The van der Waals surface area contributed by atoms with Gasteiger partial charge in [0.05, 0.1) is 5.56 Å². The van der Waals surface area contributed by atoms with Gasteiger partial charge in [-0.1, -0.05) is 17.7 Å². The molecule has 0 aliphatic heterocycles. The van der Waals surface area contributed by atoms with Crippen LogP contribution < -0.4 is 10.1 Å². The number of hydrogen-bond donors (Lipinski definition) is 1. The number of hydrogen-bond acceptors (Lipinski definition) is 4. The smallest absolute Gasteiger partial charge is 0.227 e. The largest absolute Gasteiger partial charge is 0.439 e. The number of nitrogens with one attached hydrogen (secondary N) is 1. The van der Waals surface area contributed by atoms with Crippen LogP contribution in [0.25, 0.3) is 0 Å². The lowest BCUT2D eigenvalue weighted by atomic mass is 10.3. The highest BCUT2D eigenvalue weighted by Crippen LogP contribution is 2.27. The molecule has 0 amide bonds. The molecule has 4 nitrogen and oxygen atoms in total. The van der Waals surface area contributed by atoms with Gasteiger partial charge in [0.1, 0.15) is 17.9 Å². The topological polar surface area (TPSA) is 47.0 Å². The number of rotatable bonds is 4. The Morgan fingerprint density at radius 1 is 1.33 bits per heavy atom. The third-order valence-corrected chi connectivity index (χ3v) is 2.63. The van der Waals surface area contributed by atoms with E-state index in [0.29, 0.717) is 16.7 Å². The summed E-state index contributed by atoms with van der Waals surface area (Å²) in [4.78, 5) is 8.29. The van der Waals surface area contributed by atoms with Gasteiger partial charge in [-0.05, 0) is 32.0 Å². The predicted molar refractivity (Wildman–Crippen MR) is 72.5 cm³/mol. The van der Waals surface area contributed by atoms with Gasteiger partial charge in [-0.3, -0.25) is 0 Å². The summed E-state index contributed by atoms with van der Waals surface area (Å²) in [7, 11) is 0. The second kappa shape index (κ2) is 5.69. The number of halogens is 1. The molecule has 0 bridgehead atoms. The maximum atomic E-state index is 5.91. The van der Waals surface area contributed by atoms with Crippen LogP contribution in [0.4, 0.5) is 5.82 Å². The number of benzene rings is 1. The van der Waals surface area contributed by atoms with Crippen LogP contribution in [0, 0.1) is 6.92 Å². The molecule has 0 saturated heterocycles. The molecular weight excluding hydrogens is 250 g/mol. The fourth-order valence-corrected chi connectivity index (χ4v) is 1.70. The highest BCUT2D eigenvalue weighted by molar-refractivity contribution is 6.30. The van der Waals surface area contributed by atoms with Gasteiger partial charge in [-0.25, -0.2) is 9.97 Å². The molecule has 0 aliphatic rings. The van der Waals surface area contributed by atoms with Crippen LogP contribution in [0.1, 0.15) is 12.5 Å². The van der Waals surface area contributed by atoms with Gasteiger partial charge in [-0.15, -0.1) is 0 Å². The summed E-state index contributed by atoms with van der Waals surface area (Å²) in [6.07, 6.45) is 1.48. The molecule has 94 valence electrons. The van der Waals surface area contributed by atoms with Crippen molar-refractivity contribution in [2.24, 2.45) is 0 Å². The zero-order valence-corrected chi connectivity index (χ0v) is 11.0. The molecule has 18 heavy (non-hydrogen) atoms. The van der Waals surface area contributed by atoms with E-state index < -0.39 is 0 Å². The molecule has 0 unspecified atom stereocenters. The monoisotopic (exact) mass is 263 g/mol. The van der Waals surface area contributed by atoms with E-state index in [-0.39, 0.29) is 0 Å². The first-order valence-corrected chi connectivity index (χ1v) is 6.07. The van der Waals surface area contributed by atoms with Gasteiger partial charge in [0.15, 0.2) is 0 Å². The van der Waals surface area contributed by atoms with E-state index in [0.717, 1.165) is 17.9 Å². The Morgan fingerprint density at radius 3 is 2.89 bits per heavy atom. The molecule has 1 N–H and O–H groups in total. The molecule has 2 aromatic rings. The number of aromatic nitrogens is 2. The van der Waals surface area contributed by atoms with E-state index in [4.69, 9.17) is 16.3 Å². The lowest BCUT2D eigenvalue weighted by Crippen LogP contribution is -2.03. The van der Waals surface area contributed by atoms with Crippen molar-refractivity contribution in [2.45, 2.75) is 13.8 Å². The second-order valence-corrected chi connectivity index (χ2v) is 4.18. The predicted octanol–water partition coefficient (Wildman–Crippen LogP) is 3.66. The average Bonchev–Trinajstić information content (AvgIpc) is 2.35. The Kier molecular flexibility index (Phi) is 3.99. The Balaban J connectivity index is 2.26. The maximum Gasteiger partial charge on any atom is 0.227 e. The molecule has 0 fully saturated rings. The van der Waals surface area contributed by atoms with Gasteiger partial charge < -0.3 is 10.1 Å². The zero-order chi connectivity index (χ0) is 13.0. The van der Waals surface area contributed by atoms with Crippen molar-refractivity contribution < 1.29 is 4.74 Å². The third kappa shape index (κ3) is 2.90. The van der Waals surface area contributed by atoms with Gasteiger partial charge in [0, 0.05) is 11.6 Å². The first-order chi connectivity index (χ1) is 8.70. The molecule has 0 aliphatic carbocycles. The number of ether oxygens (including phenoxy) is 1. The number of nitrogens with zero attached hydrogens (tertiary/aromatic N) is 2. The summed E-state index contributed by atoms with van der Waals surface area (Å²) in [6.45, 7) is 4.73. The van der Waals surface area contributed by atoms with Crippen LogP contribution in [0.2, 0.25) is 5.02 Å². The molecule has 0 atom stereocenters. The van der Waals surface area contributed by atoms with Crippen molar-refractivity contribution in [3.05, 3.63) is 41.2 Å². The van der Waals surface area contributed by atoms with Crippen LogP contribution in [-0.4, -0.2) is 16.5 Å². The molecule has 1 aromatic heterocycles. The molecule has 1 heterocycles. The lowest BCUT2D eigenvalue weighted by molar-refractivity contribution is 0.458. The minimum atomic E-state index is 0.531. The van der Waals surface area contributed by atoms with E-state index in [1.54, 1.807) is 12.1 Å². The van der Waals surface area contributed by atoms with Crippen LogP contribution in [-0.2, 0) is 0 Å². The molecule has 2 rings (SSSR count). The molecular formula is C13H14ClN3O. The quantitative estimate of drug-likeness (QED) is 0.914. The summed E-state index contributed by atoms with van der Waals surface area (Å²) >= 11 is 5.91. The molecule has 1 aromatic carbocycles. The Labute approximate surface area is 111 Å². The Hall–Kier alpha value is -1.81. The van der Waals surface area contributed by atoms with Crippen LogP contribution in [0.3, 0.4) is 0 Å². The SMILES string of the molecule is CCNc1ncnc(Oc2cccc(Cl)c2)c1C. The van der Waals surface area contributed by atoms with Crippen LogP contribution >= 0.6 is 11.6 Å². The highest BCUT2D eigenvalue weighted by Gasteiger charge is 2.08. The highest BCUT2D eigenvalue weighted by atomic mass is 35.5. The molecule has 0 spiro atoms. The lowest BCUT2D eigenvalue weighted by Gasteiger charge is -2.11. The normalized spacial score (nSPS) is 10.2. The Bertz CT molecular complexity index is 546. The van der Waals surface area contributed by atoms with Crippen molar-refractivity contribution >= 4 is 17.4 Å². The standard InChI is InChI=1S/C13H14ClN3O/c1-3-15-12-9(2)13(17-8-16-12)18-11-6-4-5-10(14)7-11/h4-8H,3H2,1-2H3,(H,15,16,17). The average molecular weight is 264 g/mol. The first kappa shape index (κ1) is 12.6. The first-order valence-electron chi connectivity index (χ1n) is 5.69. The summed E-state index contributed by atoms with van der Waals surface area (Å²) < 4.78 is 5.70. The fourth-order valence-electron chi connectivity index (χ4n) is 1.52. The Morgan fingerprint density at radius 2 is 2.17 bits per heavy atom. The molecule has 0 saturated carbocycles. The van der Waals surface area contributed by atoms with Crippen LogP contribution in [0.15, 0.2) is 30.6 Å². The van der Waals surface area contributed by atoms with Crippen molar-refractivity contribution in [3.63, 3.8) is 0 Å². The summed E-state index contributed by atoms with van der Waals surface area (Å²) in [5, 5.41) is 3.79. The fraction of sp³-hybridized carbons (Fsp3) is 0.231. The molecule has 0 radical (unpaired) electrons. The van der Waals surface area contributed by atoms with Gasteiger partial charge in [0.25, 0.3) is 0 Å². The van der Waals surface area contributed by atoms with Crippen molar-refractivity contribution in [1.29, 1.82) is 0 Å². The van der Waals surface area contributed by atoms with Gasteiger partial charge in [0.2, 0.25) is 5.88 Å². The minimum Gasteiger partial charge on any atom is -0.439 e. The van der Waals surface area contributed by atoms with E-state index in [9.17, 15) is 0 Å². The molecule has 5 heteroatoms. The van der Waals surface area contributed by atoms with Crippen molar-refractivity contribution in [2.75, 3.05) is 11.9 Å². The summed E-state index contributed by atoms with van der Waals surface area (Å²) in [5.74, 6) is 1.97. The van der Waals surface area contributed by atoms with E-state index in [2.05, 4.69) is 15.3 Å². The summed E-state index contributed by atoms with van der Waals surface area (Å²) in [5.41, 5.74) is 0.874. The van der Waals surface area contributed by atoms with E-state index in [1.165, 1.54) is 6.33 Å². The maximum absolute atomic E-state index is 5.91. The third-order valence-electron chi connectivity index (χ3n) is 2.39. The van der Waals surface area contributed by atoms with E-state index >= 15 is 0 Å². The van der Waals surface area contributed by atoms with Crippen molar-refractivity contribution in [3.8, 4) is 11.6 Å². The summed E-state index contributed by atoms with van der Waals surface area (Å²) in [6, 6.07) is 7.21. The van der Waals surface area contributed by atoms with Gasteiger partial charge >= 0.3 is 0 Å².